The molecule has 5 nitrogen and oxygen atoms in total. The fraction of sp³-hybridized carbons (Fsp3) is 0.462. The Balaban J connectivity index is 1.84. The lowest BCUT2D eigenvalue weighted by Gasteiger charge is -2.31. The third-order valence-electron chi connectivity index (χ3n) is 2.90. The fourth-order valence-corrected chi connectivity index (χ4v) is 2.00. The highest BCUT2D eigenvalue weighted by molar-refractivity contribution is 5.92. The number of benzene rings is 1. The minimum Gasteiger partial charge on any atom is -0.394 e. The van der Waals surface area contributed by atoms with Crippen molar-refractivity contribution in [1.29, 1.82) is 0 Å². The van der Waals surface area contributed by atoms with Crippen LogP contribution in [-0.4, -0.2) is 54.9 Å². The summed E-state index contributed by atoms with van der Waals surface area (Å²) in [5.41, 5.74) is 0.442. The topological polar surface area (TPSA) is 61.8 Å². The second-order valence-electron chi connectivity index (χ2n) is 4.47. The number of hydrogen-bond acceptors (Lipinski definition) is 4. The highest BCUT2D eigenvalue weighted by atomic mass is 19.1. The van der Waals surface area contributed by atoms with Gasteiger partial charge in [0.1, 0.15) is 5.82 Å². The Morgan fingerprint density at radius 3 is 3.16 bits per heavy atom. The average Bonchev–Trinajstić information content (AvgIpc) is 2.38. The summed E-state index contributed by atoms with van der Waals surface area (Å²) in [4.78, 5) is 13.7. The summed E-state index contributed by atoms with van der Waals surface area (Å²) in [7, 11) is 0. The molecule has 104 valence electrons. The number of morpholine rings is 1. The molecule has 1 aromatic carbocycles. The lowest BCUT2D eigenvalue weighted by molar-refractivity contribution is -0.120. The van der Waals surface area contributed by atoms with Crippen molar-refractivity contribution < 1.29 is 19.0 Å². The number of halogens is 1. The van der Waals surface area contributed by atoms with E-state index in [2.05, 4.69) is 5.32 Å². The molecule has 0 radical (unpaired) electrons. The molecule has 0 saturated carbocycles. The molecule has 1 amide bonds. The van der Waals surface area contributed by atoms with E-state index in [9.17, 15) is 9.18 Å². The first-order valence-corrected chi connectivity index (χ1v) is 6.17. The molecule has 6 heteroatoms. The third-order valence-corrected chi connectivity index (χ3v) is 2.90. The largest absolute Gasteiger partial charge is 0.394 e. The van der Waals surface area contributed by atoms with Crippen LogP contribution in [0.3, 0.4) is 0 Å². The summed E-state index contributed by atoms with van der Waals surface area (Å²) in [5, 5.41) is 11.7. The van der Waals surface area contributed by atoms with Crippen molar-refractivity contribution in [1.82, 2.24) is 4.90 Å². The number of hydrogen-bond donors (Lipinski definition) is 2. The zero-order valence-corrected chi connectivity index (χ0v) is 10.5. The number of nitrogens with zero attached hydrogens (tertiary/aromatic N) is 1. The molecule has 1 aromatic rings. The molecule has 1 fully saturated rings. The number of amides is 1. The maximum Gasteiger partial charge on any atom is 0.238 e. The molecule has 0 aliphatic carbocycles. The van der Waals surface area contributed by atoms with Gasteiger partial charge in [0.2, 0.25) is 5.91 Å². The summed E-state index contributed by atoms with van der Waals surface area (Å²) in [6.07, 6.45) is -0.240. The van der Waals surface area contributed by atoms with Crippen molar-refractivity contribution in [3.05, 3.63) is 30.1 Å². The van der Waals surface area contributed by atoms with E-state index in [1.165, 1.54) is 12.1 Å². The Morgan fingerprint density at radius 2 is 2.42 bits per heavy atom. The minimum atomic E-state index is -0.385. The second-order valence-corrected chi connectivity index (χ2v) is 4.47. The van der Waals surface area contributed by atoms with Crippen molar-refractivity contribution in [2.45, 2.75) is 6.10 Å². The van der Waals surface area contributed by atoms with Crippen molar-refractivity contribution in [2.75, 3.05) is 38.2 Å². The van der Waals surface area contributed by atoms with Gasteiger partial charge >= 0.3 is 0 Å². The molecular formula is C13H17FN2O3. The molecule has 2 rings (SSSR count). The minimum absolute atomic E-state index is 0.0536. The lowest BCUT2D eigenvalue weighted by atomic mass is 10.2. The van der Waals surface area contributed by atoms with Gasteiger partial charge in [0, 0.05) is 18.8 Å². The Morgan fingerprint density at radius 1 is 1.58 bits per heavy atom. The van der Waals surface area contributed by atoms with E-state index < -0.39 is 0 Å². The third kappa shape index (κ3) is 4.27. The molecule has 1 aliphatic heterocycles. The van der Waals surface area contributed by atoms with Gasteiger partial charge in [-0.05, 0) is 18.2 Å². The summed E-state index contributed by atoms with van der Waals surface area (Å²) < 4.78 is 18.3. The van der Waals surface area contributed by atoms with Crippen LogP contribution in [0.2, 0.25) is 0 Å². The first-order valence-electron chi connectivity index (χ1n) is 6.17. The maximum absolute atomic E-state index is 13.0. The highest BCUT2D eigenvalue weighted by Crippen LogP contribution is 2.10. The molecule has 19 heavy (non-hydrogen) atoms. The van der Waals surface area contributed by atoms with Gasteiger partial charge in [0.25, 0.3) is 0 Å². The van der Waals surface area contributed by atoms with E-state index in [1.54, 1.807) is 12.1 Å². The standard InChI is InChI=1S/C13H17FN2O3/c14-10-2-1-3-11(6-10)15-13(18)8-16-4-5-19-12(7-16)9-17/h1-3,6,12,17H,4-5,7-9H2,(H,15,18). The Labute approximate surface area is 111 Å². The Bertz CT molecular complexity index is 442. The summed E-state index contributed by atoms with van der Waals surface area (Å²) in [6, 6.07) is 5.77. The number of nitrogens with one attached hydrogen (secondary N) is 1. The number of aliphatic hydroxyl groups is 1. The van der Waals surface area contributed by atoms with Gasteiger partial charge in [0.15, 0.2) is 0 Å². The van der Waals surface area contributed by atoms with Crippen molar-refractivity contribution in [2.24, 2.45) is 0 Å². The van der Waals surface area contributed by atoms with E-state index in [4.69, 9.17) is 9.84 Å². The first kappa shape index (κ1) is 13.9. The highest BCUT2D eigenvalue weighted by Gasteiger charge is 2.21. The van der Waals surface area contributed by atoms with Crippen LogP contribution in [0.4, 0.5) is 10.1 Å². The fourth-order valence-electron chi connectivity index (χ4n) is 2.00. The quantitative estimate of drug-likeness (QED) is 0.832. The number of anilines is 1. The van der Waals surface area contributed by atoms with E-state index >= 15 is 0 Å². The lowest BCUT2D eigenvalue weighted by Crippen LogP contribution is -2.46. The first-order chi connectivity index (χ1) is 9.17. The number of carbonyl (C=O) groups is 1. The number of rotatable bonds is 4. The van der Waals surface area contributed by atoms with Gasteiger partial charge in [-0.15, -0.1) is 0 Å². The zero-order chi connectivity index (χ0) is 13.7. The summed E-state index contributed by atoms with van der Waals surface area (Å²) in [6.45, 7) is 1.82. The SMILES string of the molecule is O=C(CN1CCOC(CO)C1)Nc1cccc(F)c1. The van der Waals surface area contributed by atoms with E-state index in [0.717, 1.165) is 0 Å². The van der Waals surface area contributed by atoms with Crippen LogP contribution in [0.25, 0.3) is 0 Å². The van der Waals surface area contributed by atoms with Crippen LogP contribution in [-0.2, 0) is 9.53 Å². The smallest absolute Gasteiger partial charge is 0.238 e. The summed E-state index contributed by atoms with van der Waals surface area (Å²) >= 11 is 0. The molecule has 0 spiro atoms. The van der Waals surface area contributed by atoms with Crippen molar-refractivity contribution in [3.63, 3.8) is 0 Å². The normalized spacial score (nSPS) is 20.2. The van der Waals surface area contributed by atoms with Crippen LogP contribution in [0.1, 0.15) is 0 Å². The van der Waals surface area contributed by atoms with E-state index in [0.29, 0.717) is 25.4 Å². The van der Waals surface area contributed by atoms with Crippen LogP contribution in [0, 0.1) is 5.82 Å². The van der Waals surface area contributed by atoms with Crippen LogP contribution in [0.15, 0.2) is 24.3 Å². The second kappa shape index (κ2) is 6.60. The van der Waals surface area contributed by atoms with E-state index in [-0.39, 0.29) is 31.0 Å². The number of carbonyl (C=O) groups excluding carboxylic acids is 1. The van der Waals surface area contributed by atoms with Gasteiger partial charge in [-0.25, -0.2) is 4.39 Å². The molecule has 0 aromatic heterocycles. The van der Waals surface area contributed by atoms with Crippen LogP contribution < -0.4 is 5.32 Å². The molecule has 1 unspecified atom stereocenters. The zero-order valence-electron chi connectivity index (χ0n) is 10.5. The molecule has 1 heterocycles. The van der Waals surface area contributed by atoms with Gasteiger partial charge in [-0.1, -0.05) is 6.07 Å². The van der Waals surface area contributed by atoms with Gasteiger partial charge in [-0.2, -0.15) is 0 Å². The predicted molar refractivity (Wildman–Crippen MR) is 68.3 cm³/mol. The molecule has 0 bridgehead atoms. The van der Waals surface area contributed by atoms with Crippen LogP contribution >= 0.6 is 0 Å². The Kier molecular flexibility index (Phi) is 4.84. The molecule has 1 aliphatic rings. The monoisotopic (exact) mass is 268 g/mol. The molecule has 1 atom stereocenters. The number of aliphatic hydroxyl groups excluding tert-OH is 1. The number of ether oxygens (including phenoxy) is 1. The summed E-state index contributed by atoms with van der Waals surface area (Å²) in [5.74, 6) is -0.589. The van der Waals surface area contributed by atoms with E-state index in [1.807, 2.05) is 4.90 Å². The van der Waals surface area contributed by atoms with Gasteiger partial charge in [-0.3, -0.25) is 9.69 Å². The molecule has 1 saturated heterocycles. The van der Waals surface area contributed by atoms with Crippen molar-refractivity contribution >= 4 is 11.6 Å². The van der Waals surface area contributed by atoms with Gasteiger partial charge < -0.3 is 15.2 Å². The van der Waals surface area contributed by atoms with Crippen LogP contribution in [0.5, 0.6) is 0 Å². The van der Waals surface area contributed by atoms with Gasteiger partial charge in [0.05, 0.1) is 25.9 Å². The molecular weight excluding hydrogens is 251 g/mol. The average molecular weight is 268 g/mol. The molecule has 2 N–H and O–H groups in total. The maximum atomic E-state index is 13.0. The Hall–Kier alpha value is -1.50. The van der Waals surface area contributed by atoms with Crippen molar-refractivity contribution in [3.8, 4) is 0 Å². The predicted octanol–water partition coefficient (Wildman–Crippen LogP) is 0.457.